The Morgan fingerprint density at radius 1 is 0.949 bits per heavy atom. The summed E-state index contributed by atoms with van der Waals surface area (Å²) in [6.45, 7) is 7.12. The highest BCUT2D eigenvalue weighted by Gasteiger charge is 2.34. The third-order valence-electron chi connectivity index (χ3n) is 6.78. The fourth-order valence-electron chi connectivity index (χ4n) is 4.36. The molecule has 1 aromatic carbocycles. The molecule has 1 rings (SSSR count). The number of aliphatic carboxylic acids is 1. The summed E-state index contributed by atoms with van der Waals surface area (Å²) in [5, 5.41) is 12.7. The molecule has 0 aliphatic rings. The SMILES string of the molecule is CCCCCCC[C@@H](OC(=O)C[C@@H](OCOC)[C@H](Cc1ccccc1)NC)[C@H](C)C(=O)O[C@H](C(=O)O)C(C)C. The van der Waals surface area contributed by atoms with Crippen molar-refractivity contribution in [1.82, 2.24) is 5.32 Å². The Balaban J connectivity index is 2.98. The van der Waals surface area contributed by atoms with Gasteiger partial charge in [0.15, 0.2) is 0 Å². The Bertz CT molecular complexity index is 832. The lowest BCUT2D eigenvalue weighted by Crippen LogP contribution is -2.44. The number of rotatable bonds is 21. The standard InChI is InChI=1S/C30H49NO8/c1-7-8-9-10-14-17-25(22(4)30(35)39-28(21(2)3)29(33)34)38-27(32)19-26(37-20-36-6)24(31-5)18-23-15-12-11-13-16-23/h11-13,15-16,21-22,24-26,28,31H,7-10,14,17-20H2,1-6H3,(H,33,34)/t22-,24-,25+,26+,28-/m0/s1. The molecule has 0 saturated heterocycles. The Morgan fingerprint density at radius 2 is 1.62 bits per heavy atom. The van der Waals surface area contributed by atoms with Gasteiger partial charge in [0.2, 0.25) is 6.10 Å². The van der Waals surface area contributed by atoms with Gasteiger partial charge in [0.1, 0.15) is 12.9 Å². The summed E-state index contributed by atoms with van der Waals surface area (Å²) in [6, 6.07) is 9.70. The highest BCUT2D eigenvalue weighted by molar-refractivity contribution is 5.80. The minimum absolute atomic E-state index is 0.0142. The van der Waals surface area contributed by atoms with E-state index in [1.165, 1.54) is 7.11 Å². The zero-order chi connectivity index (χ0) is 29.2. The van der Waals surface area contributed by atoms with E-state index in [0.29, 0.717) is 12.8 Å². The summed E-state index contributed by atoms with van der Waals surface area (Å²) in [7, 11) is 3.33. The van der Waals surface area contributed by atoms with E-state index in [1.807, 2.05) is 37.4 Å². The Morgan fingerprint density at radius 3 is 2.18 bits per heavy atom. The molecule has 0 heterocycles. The van der Waals surface area contributed by atoms with Crippen molar-refractivity contribution in [2.75, 3.05) is 21.0 Å². The van der Waals surface area contributed by atoms with Crippen molar-refractivity contribution in [3.05, 3.63) is 35.9 Å². The summed E-state index contributed by atoms with van der Waals surface area (Å²) >= 11 is 0. The van der Waals surface area contributed by atoms with Crippen molar-refractivity contribution in [2.45, 2.75) is 103 Å². The van der Waals surface area contributed by atoms with Gasteiger partial charge in [-0.05, 0) is 38.8 Å². The van der Waals surface area contributed by atoms with E-state index in [9.17, 15) is 19.5 Å². The first-order valence-corrected chi connectivity index (χ1v) is 14.1. The van der Waals surface area contributed by atoms with E-state index in [1.54, 1.807) is 20.8 Å². The summed E-state index contributed by atoms with van der Waals surface area (Å²) in [5.74, 6) is -3.60. The number of unbranched alkanes of at least 4 members (excludes halogenated alkanes) is 4. The smallest absolute Gasteiger partial charge is 0.345 e. The quantitative estimate of drug-likeness (QED) is 0.127. The molecule has 9 nitrogen and oxygen atoms in total. The van der Waals surface area contributed by atoms with E-state index in [2.05, 4.69) is 12.2 Å². The number of nitrogens with one attached hydrogen (secondary N) is 1. The van der Waals surface area contributed by atoms with E-state index >= 15 is 0 Å². The molecule has 0 aliphatic heterocycles. The van der Waals surface area contributed by atoms with E-state index in [4.69, 9.17) is 18.9 Å². The molecule has 0 fully saturated rings. The van der Waals surface area contributed by atoms with Crippen LogP contribution in [0.25, 0.3) is 0 Å². The maximum atomic E-state index is 13.2. The van der Waals surface area contributed by atoms with E-state index in [0.717, 1.165) is 37.7 Å². The van der Waals surface area contributed by atoms with Crippen molar-refractivity contribution < 1.29 is 38.4 Å². The molecular formula is C30H49NO8. The number of hydrogen-bond donors (Lipinski definition) is 2. The van der Waals surface area contributed by atoms with E-state index in [-0.39, 0.29) is 19.3 Å². The highest BCUT2D eigenvalue weighted by atomic mass is 16.7. The van der Waals surface area contributed by atoms with Gasteiger partial charge < -0.3 is 29.4 Å². The largest absolute Gasteiger partial charge is 0.478 e. The van der Waals surface area contributed by atoms with Crippen LogP contribution in [0.2, 0.25) is 0 Å². The molecule has 0 amide bonds. The van der Waals surface area contributed by atoms with Crippen molar-refractivity contribution >= 4 is 17.9 Å². The van der Waals surface area contributed by atoms with Crippen LogP contribution in [0.15, 0.2) is 30.3 Å². The predicted molar refractivity (Wildman–Crippen MR) is 149 cm³/mol. The predicted octanol–water partition coefficient (Wildman–Crippen LogP) is 4.76. The molecule has 9 heteroatoms. The number of esters is 2. The van der Waals surface area contributed by atoms with Gasteiger partial charge in [-0.2, -0.15) is 0 Å². The number of likely N-dealkylation sites (N-methyl/N-ethyl adjacent to an activating group) is 1. The van der Waals surface area contributed by atoms with Crippen LogP contribution in [0.4, 0.5) is 0 Å². The summed E-state index contributed by atoms with van der Waals surface area (Å²) in [4.78, 5) is 37.7. The molecular weight excluding hydrogens is 502 g/mol. The lowest BCUT2D eigenvalue weighted by atomic mass is 9.97. The molecule has 222 valence electrons. The molecule has 0 unspecified atom stereocenters. The maximum absolute atomic E-state index is 13.2. The normalized spacial score (nSPS) is 15.3. The van der Waals surface area contributed by atoms with Crippen molar-refractivity contribution in [3.8, 4) is 0 Å². The monoisotopic (exact) mass is 551 g/mol. The van der Waals surface area contributed by atoms with Crippen LogP contribution in [0, 0.1) is 11.8 Å². The molecule has 0 radical (unpaired) electrons. The number of benzene rings is 1. The van der Waals surface area contributed by atoms with Gasteiger partial charge in [0, 0.05) is 19.1 Å². The van der Waals surface area contributed by atoms with Crippen LogP contribution in [-0.2, 0) is 39.8 Å². The lowest BCUT2D eigenvalue weighted by molar-refractivity contribution is -0.176. The summed E-state index contributed by atoms with van der Waals surface area (Å²) in [5.41, 5.74) is 1.09. The van der Waals surface area contributed by atoms with E-state index < -0.39 is 48.1 Å². The molecule has 0 bridgehead atoms. The average Bonchev–Trinajstić information content (AvgIpc) is 2.91. The van der Waals surface area contributed by atoms with Crippen LogP contribution >= 0.6 is 0 Å². The Kier molecular flexibility index (Phi) is 17.3. The number of carboxylic acids is 1. The topological polar surface area (TPSA) is 120 Å². The zero-order valence-electron chi connectivity index (χ0n) is 24.5. The minimum atomic E-state index is -1.26. The van der Waals surface area contributed by atoms with Gasteiger partial charge >= 0.3 is 17.9 Å². The Labute approximate surface area is 233 Å². The van der Waals surface area contributed by atoms with Crippen LogP contribution in [-0.4, -0.2) is 68.3 Å². The van der Waals surface area contributed by atoms with Crippen LogP contribution < -0.4 is 5.32 Å². The molecule has 0 aliphatic carbocycles. The number of carbonyl (C=O) groups is 3. The first-order valence-electron chi connectivity index (χ1n) is 14.1. The van der Waals surface area contributed by atoms with Gasteiger partial charge in [0.25, 0.3) is 0 Å². The van der Waals surface area contributed by atoms with Crippen LogP contribution in [0.1, 0.15) is 78.2 Å². The van der Waals surface area contributed by atoms with Crippen molar-refractivity contribution in [2.24, 2.45) is 11.8 Å². The molecule has 0 aromatic heterocycles. The van der Waals surface area contributed by atoms with Gasteiger partial charge in [-0.3, -0.25) is 9.59 Å². The second kappa shape index (κ2) is 19.6. The van der Waals surface area contributed by atoms with Gasteiger partial charge in [0.05, 0.1) is 18.4 Å². The van der Waals surface area contributed by atoms with Crippen molar-refractivity contribution in [3.63, 3.8) is 0 Å². The third-order valence-corrected chi connectivity index (χ3v) is 6.78. The molecule has 0 saturated carbocycles. The van der Waals surface area contributed by atoms with Crippen molar-refractivity contribution in [1.29, 1.82) is 0 Å². The number of carbonyl (C=O) groups excluding carboxylic acids is 2. The second-order valence-corrected chi connectivity index (χ2v) is 10.4. The lowest BCUT2D eigenvalue weighted by Gasteiger charge is -2.29. The number of methoxy groups -OCH3 is 1. The maximum Gasteiger partial charge on any atom is 0.345 e. The molecule has 39 heavy (non-hydrogen) atoms. The molecule has 0 spiro atoms. The fourth-order valence-corrected chi connectivity index (χ4v) is 4.36. The minimum Gasteiger partial charge on any atom is -0.478 e. The first kappa shape index (κ1) is 34.5. The second-order valence-electron chi connectivity index (χ2n) is 10.4. The fraction of sp³-hybridized carbons (Fsp3) is 0.700. The average molecular weight is 552 g/mol. The number of hydrogen-bond acceptors (Lipinski definition) is 8. The first-order chi connectivity index (χ1) is 18.6. The zero-order valence-corrected chi connectivity index (χ0v) is 24.5. The van der Waals surface area contributed by atoms with Crippen LogP contribution in [0.5, 0.6) is 0 Å². The molecule has 5 atom stereocenters. The highest BCUT2D eigenvalue weighted by Crippen LogP contribution is 2.22. The summed E-state index contributed by atoms with van der Waals surface area (Å²) < 4.78 is 22.1. The number of ether oxygens (including phenoxy) is 4. The molecule has 2 N–H and O–H groups in total. The van der Waals surface area contributed by atoms with Gasteiger partial charge in [-0.15, -0.1) is 0 Å². The van der Waals surface area contributed by atoms with Crippen LogP contribution in [0.3, 0.4) is 0 Å². The van der Waals surface area contributed by atoms with Gasteiger partial charge in [-0.25, -0.2) is 4.79 Å². The Hall–Kier alpha value is -2.49. The third kappa shape index (κ3) is 13.4. The molecule has 1 aromatic rings. The summed E-state index contributed by atoms with van der Waals surface area (Å²) in [6.07, 6.45) is 3.54. The number of carboxylic acid groups (broad SMARTS) is 1. The van der Waals surface area contributed by atoms with Gasteiger partial charge in [-0.1, -0.05) is 76.8 Å².